The number of hydrogen-bond acceptors (Lipinski definition) is 9. The number of carboxylic acids is 3. The number of carbonyl (C=O) groups excluding carboxylic acids is 3. The Morgan fingerprint density at radius 2 is 1.50 bits per heavy atom. The second-order valence-corrected chi connectivity index (χ2v) is 18.3. The molecular weight excluding hydrogens is 773 g/mol. The quantitative estimate of drug-likeness (QED) is 0.132. The molecule has 1 heterocycles. The summed E-state index contributed by atoms with van der Waals surface area (Å²) in [5.41, 5.74) is -0.159. The minimum absolute atomic E-state index is 0.0996. The number of hydrogen-bond donors (Lipinski definition) is 6. The molecule has 0 aromatic heterocycles. The molecule has 1 aliphatic heterocycles. The lowest BCUT2D eigenvalue weighted by atomic mass is 9.49. The van der Waals surface area contributed by atoms with E-state index in [2.05, 4.69) is 23.6 Å². The van der Waals surface area contributed by atoms with Gasteiger partial charge in [-0.05, 0) is 82.4 Å². The van der Waals surface area contributed by atoms with Gasteiger partial charge in [0.2, 0.25) is 0 Å². The number of amides is 2. The van der Waals surface area contributed by atoms with E-state index in [0.29, 0.717) is 30.9 Å². The number of ketones is 1. The molecule has 1 saturated heterocycles. The number of carboxylic acid groups (broad SMARTS) is 3. The first-order chi connectivity index (χ1) is 27.9. The third-order valence-electron chi connectivity index (χ3n) is 12.9. The number of rotatable bonds is 6. The summed E-state index contributed by atoms with van der Waals surface area (Å²) < 4.78 is 11.6. The number of esters is 1. The van der Waals surface area contributed by atoms with Crippen molar-refractivity contribution in [1.29, 1.82) is 0 Å². The minimum atomic E-state index is -0.954. The number of aliphatic hydroxyl groups is 1. The largest absolute Gasteiger partial charge is 0.481 e. The first kappa shape index (κ1) is 47.6. The van der Waals surface area contributed by atoms with Gasteiger partial charge in [0, 0.05) is 42.1 Å². The summed E-state index contributed by atoms with van der Waals surface area (Å²) in [4.78, 5) is 68.0. The van der Waals surface area contributed by atoms with E-state index in [1.165, 1.54) is 6.92 Å². The molecule has 4 fully saturated rings. The highest BCUT2D eigenvalue weighted by Gasteiger charge is 2.79. The number of nitrogens with one attached hydrogen (secondary N) is 2. The van der Waals surface area contributed by atoms with E-state index in [1.807, 2.05) is 59.7 Å². The van der Waals surface area contributed by atoms with E-state index >= 15 is 0 Å². The van der Waals surface area contributed by atoms with Crippen molar-refractivity contribution in [1.82, 2.24) is 10.6 Å². The lowest BCUT2D eigenvalue weighted by molar-refractivity contribution is -0.217. The first-order valence-corrected chi connectivity index (χ1v) is 20.4. The second kappa shape index (κ2) is 18.7. The molecule has 2 aromatic carbocycles. The molecule has 60 heavy (non-hydrogen) atoms. The average molecular weight is 835 g/mol. The van der Waals surface area contributed by atoms with Crippen LogP contribution < -0.4 is 10.6 Å². The van der Waals surface area contributed by atoms with Gasteiger partial charge >= 0.3 is 23.9 Å². The smallest absolute Gasteiger partial charge is 0.335 e. The zero-order chi connectivity index (χ0) is 45.0. The number of fused-ring (bicyclic) bond motifs is 4. The number of aliphatic carboxylic acids is 2. The molecule has 6 N–H and O–H groups in total. The molecular formula is C46H62N2O12. The Kier molecular flexibility index (Phi) is 14.8. The van der Waals surface area contributed by atoms with E-state index in [-0.39, 0.29) is 53.5 Å². The summed E-state index contributed by atoms with van der Waals surface area (Å²) in [6, 6.07) is 16.4. The van der Waals surface area contributed by atoms with Gasteiger partial charge in [-0.15, -0.1) is 0 Å². The van der Waals surface area contributed by atoms with Crippen LogP contribution in [0.5, 0.6) is 0 Å². The molecule has 14 nitrogen and oxygen atoms in total. The zero-order valence-electron chi connectivity index (χ0n) is 36.1. The Hall–Kier alpha value is -5.08. The number of carbonyl (C=O) groups is 6. The van der Waals surface area contributed by atoms with Crippen molar-refractivity contribution in [2.24, 2.45) is 40.4 Å². The fourth-order valence-electron chi connectivity index (χ4n) is 10.00. The van der Waals surface area contributed by atoms with Gasteiger partial charge < -0.3 is 40.5 Å². The molecule has 0 radical (unpaired) electrons. The van der Waals surface area contributed by atoms with Crippen molar-refractivity contribution >= 4 is 35.7 Å². The molecule has 5 aliphatic rings. The first-order valence-electron chi connectivity index (χ1n) is 20.4. The predicted octanol–water partition coefficient (Wildman–Crippen LogP) is 6.68. The Morgan fingerprint density at radius 1 is 0.933 bits per heavy atom. The van der Waals surface area contributed by atoms with Crippen LogP contribution in [-0.4, -0.2) is 86.1 Å². The van der Waals surface area contributed by atoms with Crippen LogP contribution in [0.4, 0.5) is 4.79 Å². The normalized spacial score (nSPS) is 30.6. The number of urea groups is 1. The van der Waals surface area contributed by atoms with Gasteiger partial charge in [0.25, 0.3) is 5.97 Å². The molecule has 3 saturated carbocycles. The van der Waals surface area contributed by atoms with E-state index in [1.54, 1.807) is 42.5 Å². The van der Waals surface area contributed by atoms with Crippen molar-refractivity contribution < 1.29 is 58.7 Å². The van der Waals surface area contributed by atoms with Crippen LogP contribution in [0.25, 0.3) is 0 Å². The number of aromatic carboxylic acids is 1. The highest BCUT2D eigenvalue weighted by atomic mass is 16.5. The maximum absolute atomic E-state index is 14.1. The van der Waals surface area contributed by atoms with Gasteiger partial charge in [0.1, 0.15) is 0 Å². The summed E-state index contributed by atoms with van der Waals surface area (Å²) in [6.07, 6.45) is 3.45. The van der Waals surface area contributed by atoms with Crippen LogP contribution in [0, 0.1) is 40.4 Å². The second-order valence-electron chi connectivity index (χ2n) is 18.3. The third kappa shape index (κ3) is 10.4. The number of ether oxygens (including phenoxy) is 2. The standard InChI is InChI=1S/C23H32O5.C14H20N2O3.C7H6O2.C2H4O2/c1-11-6-7-22(26)9-16-14-10-27-17(14)8-15-12(2)23(15,16)20(25)19(28-13(3)24)18(11)21(22,4)5;1-14(2,3)16-13(19)15-11(9-12(17)18)10-7-5-4-6-8-10;8-7(9)6-4-2-1-3-5-6;1-2(3)4/h6,12,14-19,26H,7-10H2,1-5H3;4-8,11H,9H2,1-3H3,(H,17,18)(H2,15,16,19);1-5H,(H,8,9);1H3,(H,3,4)/t12-,14?,15?,16?,17+,18?,19+,22+,23+;11-;;/m01../s1. The highest BCUT2D eigenvalue weighted by molar-refractivity contribution is 5.95. The van der Waals surface area contributed by atoms with Crippen LogP contribution in [0.2, 0.25) is 0 Å². The molecule has 4 unspecified atom stereocenters. The van der Waals surface area contributed by atoms with Crippen LogP contribution in [0.3, 0.4) is 0 Å². The minimum Gasteiger partial charge on any atom is -0.481 e. The van der Waals surface area contributed by atoms with Crippen molar-refractivity contribution in [3.8, 4) is 0 Å². The Labute approximate surface area is 352 Å². The molecule has 7 rings (SSSR count). The predicted molar refractivity (Wildman–Crippen MR) is 222 cm³/mol. The lowest BCUT2D eigenvalue weighted by Gasteiger charge is -2.59. The molecule has 328 valence electrons. The van der Waals surface area contributed by atoms with Gasteiger partial charge in [0.15, 0.2) is 11.9 Å². The van der Waals surface area contributed by atoms with Gasteiger partial charge in [-0.3, -0.25) is 19.2 Å². The maximum Gasteiger partial charge on any atom is 0.335 e. The Balaban J connectivity index is 0.000000213. The zero-order valence-corrected chi connectivity index (χ0v) is 36.1. The molecule has 1 spiro atoms. The highest BCUT2D eigenvalue weighted by Crippen LogP contribution is 2.75. The summed E-state index contributed by atoms with van der Waals surface area (Å²) in [6.45, 7) is 17.0. The van der Waals surface area contributed by atoms with Crippen LogP contribution in [0.1, 0.15) is 110 Å². The van der Waals surface area contributed by atoms with E-state index in [4.69, 9.17) is 29.6 Å². The third-order valence-corrected chi connectivity index (χ3v) is 12.9. The number of Topliss-reactive ketones (excluding diaryl/α,β-unsaturated/α-hetero) is 1. The summed E-state index contributed by atoms with van der Waals surface area (Å²) >= 11 is 0. The Morgan fingerprint density at radius 3 is 1.97 bits per heavy atom. The Bertz CT molecular complexity index is 1920. The molecule has 2 amide bonds. The van der Waals surface area contributed by atoms with Crippen molar-refractivity contribution in [3.63, 3.8) is 0 Å². The van der Waals surface area contributed by atoms with E-state index in [0.717, 1.165) is 24.5 Å². The number of benzene rings is 2. The van der Waals surface area contributed by atoms with Crippen molar-refractivity contribution in [2.45, 2.75) is 117 Å². The topological polar surface area (TPSA) is 226 Å². The fraction of sp³-hybridized carbons (Fsp3) is 0.565. The van der Waals surface area contributed by atoms with E-state index < -0.39 is 52.5 Å². The summed E-state index contributed by atoms with van der Waals surface area (Å²) in [5, 5.41) is 42.1. The van der Waals surface area contributed by atoms with Gasteiger partial charge in [-0.25, -0.2) is 9.59 Å². The van der Waals surface area contributed by atoms with Crippen molar-refractivity contribution in [3.05, 3.63) is 83.4 Å². The van der Waals surface area contributed by atoms with Crippen LogP contribution in [0.15, 0.2) is 72.3 Å². The molecule has 14 heteroatoms. The maximum atomic E-state index is 14.1. The van der Waals surface area contributed by atoms with Crippen LogP contribution in [-0.2, 0) is 28.7 Å². The molecule has 2 bridgehead atoms. The molecule has 10 atom stereocenters. The molecule has 2 aromatic rings. The van der Waals surface area contributed by atoms with Crippen molar-refractivity contribution in [2.75, 3.05) is 6.61 Å². The average Bonchev–Trinajstić information content (AvgIpc) is 3.73. The molecule has 4 aliphatic carbocycles. The SMILES string of the molecule is CC(=O)O.CC(=O)O[C@H]1C(=O)[C@@]23C(C[C@]4(O)CC=C(C)C1C4(C)C)C1CO[C@@H]1CC2[C@@H]3C.CC(C)(C)NC(=O)N[C@H](CC(=O)O)c1ccccc1.O=C(O)c1ccccc1. The monoisotopic (exact) mass is 834 g/mol. The van der Waals surface area contributed by atoms with E-state index in [9.17, 15) is 29.1 Å². The summed E-state index contributed by atoms with van der Waals surface area (Å²) in [5.74, 6) is -2.32. The van der Waals surface area contributed by atoms with Crippen LogP contribution >= 0.6 is 0 Å². The lowest BCUT2D eigenvalue weighted by Crippen LogP contribution is -2.65. The van der Waals surface area contributed by atoms with Gasteiger partial charge in [0.05, 0.1) is 36.3 Å². The fourth-order valence-corrected chi connectivity index (χ4v) is 10.00. The van der Waals surface area contributed by atoms with Gasteiger partial charge in [-0.2, -0.15) is 0 Å². The summed E-state index contributed by atoms with van der Waals surface area (Å²) in [7, 11) is 0. The van der Waals surface area contributed by atoms with Gasteiger partial charge in [-0.1, -0.05) is 81.0 Å².